The number of piperidine rings is 1. The maximum absolute atomic E-state index is 13.1. The second-order valence-corrected chi connectivity index (χ2v) is 10.5. The molecule has 0 aromatic heterocycles. The van der Waals surface area contributed by atoms with Crippen molar-refractivity contribution in [2.75, 3.05) is 29.9 Å². The van der Waals surface area contributed by atoms with Gasteiger partial charge in [0.15, 0.2) is 0 Å². The van der Waals surface area contributed by atoms with Crippen molar-refractivity contribution in [1.29, 1.82) is 0 Å². The first-order valence-electron chi connectivity index (χ1n) is 12.3. The van der Waals surface area contributed by atoms with Gasteiger partial charge >= 0.3 is 6.09 Å². The van der Waals surface area contributed by atoms with Crippen LogP contribution in [0.25, 0.3) is 0 Å². The standard InChI is InChI=1S/C27H34ClN3O4/c1-27(2,3)35-26(33)31-15-8-7-11-23(31)25(32)29-19-12-13-24(22(28)17-19)34-21-14-16-30(18-21)20-9-5-4-6-10-20/h4-6,9-10,12-13,17,21,23H,7-8,11,14-16,18H2,1-3H3,(H,29,32)/t21-,23+/m0/s1. The fourth-order valence-corrected chi connectivity index (χ4v) is 4.75. The Balaban J connectivity index is 1.36. The number of benzene rings is 2. The lowest BCUT2D eigenvalue weighted by atomic mass is 10.0. The van der Waals surface area contributed by atoms with E-state index in [9.17, 15) is 9.59 Å². The molecule has 1 N–H and O–H groups in total. The van der Waals surface area contributed by atoms with E-state index in [2.05, 4.69) is 22.3 Å². The summed E-state index contributed by atoms with van der Waals surface area (Å²) in [7, 11) is 0. The van der Waals surface area contributed by atoms with Crippen LogP contribution in [0.2, 0.25) is 5.02 Å². The van der Waals surface area contributed by atoms with Gasteiger partial charge < -0.3 is 19.7 Å². The molecule has 7 nitrogen and oxygen atoms in total. The molecule has 2 fully saturated rings. The molecule has 2 aromatic carbocycles. The zero-order valence-corrected chi connectivity index (χ0v) is 21.4. The number of hydrogen-bond acceptors (Lipinski definition) is 5. The molecule has 4 rings (SSSR count). The highest BCUT2D eigenvalue weighted by Crippen LogP contribution is 2.31. The molecule has 0 unspecified atom stereocenters. The van der Waals surface area contributed by atoms with Gasteiger partial charge in [0, 0.05) is 30.9 Å². The van der Waals surface area contributed by atoms with E-state index >= 15 is 0 Å². The first-order valence-corrected chi connectivity index (χ1v) is 12.6. The van der Waals surface area contributed by atoms with Crippen molar-refractivity contribution in [3.63, 3.8) is 0 Å². The fraction of sp³-hybridized carbons (Fsp3) is 0.481. The third-order valence-corrected chi connectivity index (χ3v) is 6.49. The van der Waals surface area contributed by atoms with Crippen molar-refractivity contribution >= 4 is 35.0 Å². The fourth-order valence-electron chi connectivity index (χ4n) is 4.52. The van der Waals surface area contributed by atoms with Crippen molar-refractivity contribution in [3.8, 4) is 5.75 Å². The first kappa shape index (κ1) is 25.2. The molecule has 188 valence electrons. The van der Waals surface area contributed by atoms with Crippen LogP contribution in [0.5, 0.6) is 5.75 Å². The highest BCUT2D eigenvalue weighted by molar-refractivity contribution is 6.32. The summed E-state index contributed by atoms with van der Waals surface area (Å²) in [5.41, 5.74) is 1.14. The molecule has 8 heteroatoms. The molecule has 2 aromatic rings. The van der Waals surface area contributed by atoms with Gasteiger partial charge in [0.1, 0.15) is 23.5 Å². The summed E-state index contributed by atoms with van der Waals surface area (Å²) >= 11 is 6.51. The highest BCUT2D eigenvalue weighted by atomic mass is 35.5. The first-order chi connectivity index (χ1) is 16.7. The SMILES string of the molecule is CC(C)(C)OC(=O)N1CCCC[C@@H]1C(=O)Nc1ccc(O[C@H]2CCN(c3ccccc3)C2)c(Cl)c1. The van der Waals surface area contributed by atoms with Crippen LogP contribution in [0, 0.1) is 0 Å². The van der Waals surface area contributed by atoms with Crippen molar-refractivity contribution in [3.05, 3.63) is 53.6 Å². The normalized spacial score (nSPS) is 20.5. The van der Waals surface area contributed by atoms with Gasteiger partial charge in [-0.3, -0.25) is 9.69 Å². The molecule has 2 amide bonds. The van der Waals surface area contributed by atoms with Crippen LogP contribution in [-0.4, -0.2) is 54.3 Å². The molecule has 2 heterocycles. The van der Waals surface area contributed by atoms with Gasteiger partial charge in [0.25, 0.3) is 0 Å². The molecule has 2 saturated heterocycles. The van der Waals surface area contributed by atoms with Gasteiger partial charge in [-0.15, -0.1) is 0 Å². The molecule has 35 heavy (non-hydrogen) atoms. The van der Waals surface area contributed by atoms with E-state index in [1.54, 1.807) is 18.2 Å². The number of halogens is 1. The number of rotatable bonds is 5. The molecule has 0 saturated carbocycles. The molecular formula is C27H34ClN3O4. The number of anilines is 2. The number of ether oxygens (including phenoxy) is 2. The number of nitrogens with one attached hydrogen (secondary N) is 1. The van der Waals surface area contributed by atoms with E-state index in [0.29, 0.717) is 29.4 Å². The minimum atomic E-state index is -0.615. The molecule has 0 radical (unpaired) electrons. The molecular weight excluding hydrogens is 466 g/mol. The zero-order chi connectivity index (χ0) is 25.0. The minimum absolute atomic E-state index is 0.0396. The molecule has 2 atom stereocenters. The number of nitrogens with zero attached hydrogens (tertiary/aromatic N) is 2. The maximum atomic E-state index is 13.1. The Kier molecular flexibility index (Phi) is 7.75. The lowest BCUT2D eigenvalue weighted by Gasteiger charge is -2.35. The average Bonchev–Trinajstić information content (AvgIpc) is 3.29. The summed E-state index contributed by atoms with van der Waals surface area (Å²) in [5.74, 6) is 0.354. The minimum Gasteiger partial charge on any atom is -0.487 e. The van der Waals surface area contributed by atoms with Gasteiger partial charge in [0.2, 0.25) is 5.91 Å². The second-order valence-electron chi connectivity index (χ2n) is 10.1. The van der Waals surface area contributed by atoms with E-state index in [1.807, 2.05) is 39.0 Å². The number of likely N-dealkylation sites (tertiary alicyclic amines) is 1. The average molecular weight is 500 g/mol. The van der Waals surface area contributed by atoms with Crippen LogP contribution < -0.4 is 15.0 Å². The molecule has 2 aliphatic rings. The highest BCUT2D eigenvalue weighted by Gasteiger charge is 2.35. The van der Waals surface area contributed by atoms with Crippen LogP contribution >= 0.6 is 11.6 Å². The van der Waals surface area contributed by atoms with E-state index < -0.39 is 17.7 Å². The van der Waals surface area contributed by atoms with E-state index in [4.69, 9.17) is 21.1 Å². The lowest BCUT2D eigenvalue weighted by Crippen LogP contribution is -2.51. The van der Waals surface area contributed by atoms with Crippen LogP contribution in [-0.2, 0) is 9.53 Å². The molecule has 0 aliphatic carbocycles. The van der Waals surface area contributed by atoms with Crippen molar-refractivity contribution in [2.45, 2.75) is 64.2 Å². The van der Waals surface area contributed by atoms with Gasteiger partial charge in [-0.1, -0.05) is 29.8 Å². The Morgan fingerprint density at radius 2 is 1.80 bits per heavy atom. The van der Waals surface area contributed by atoms with Crippen molar-refractivity contribution in [1.82, 2.24) is 4.90 Å². The zero-order valence-electron chi connectivity index (χ0n) is 20.6. The topological polar surface area (TPSA) is 71.1 Å². The van der Waals surface area contributed by atoms with Crippen molar-refractivity contribution in [2.24, 2.45) is 0 Å². The molecule has 0 spiro atoms. The van der Waals surface area contributed by atoms with Crippen LogP contribution in [0.1, 0.15) is 46.5 Å². The Bertz CT molecular complexity index is 1040. The number of para-hydroxylation sites is 1. The van der Waals surface area contributed by atoms with E-state index in [0.717, 1.165) is 32.4 Å². The van der Waals surface area contributed by atoms with Crippen molar-refractivity contribution < 1.29 is 19.1 Å². The van der Waals surface area contributed by atoms with Crippen LogP contribution in [0.3, 0.4) is 0 Å². The predicted octanol–water partition coefficient (Wildman–Crippen LogP) is 5.73. The number of carbonyl (C=O) groups is 2. The van der Waals surface area contributed by atoms with E-state index in [1.165, 1.54) is 10.6 Å². The van der Waals surface area contributed by atoms with Crippen LogP contribution in [0.4, 0.5) is 16.2 Å². The second kappa shape index (κ2) is 10.8. The van der Waals surface area contributed by atoms with Gasteiger partial charge in [0.05, 0.1) is 11.6 Å². The monoisotopic (exact) mass is 499 g/mol. The summed E-state index contributed by atoms with van der Waals surface area (Å²) in [6.07, 6.45) is 2.82. The van der Waals surface area contributed by atoms with Gasteiger partial charge in [-0.25, -0.2) is 4.79 Å². The summed E-state index contributed by atoms with van der Waals surface area (Å²) in [5, 5.41) is 3.35. The van der Waals surface area contributed by atoms with Gasteiger partial charge in [-0.2, -0.15) is 0 Å². The predicted molar refractivity (Wildman–Crippen MR) is 138 cm³/mol. The van der Waals surface area contributed by atoms with E-state index in [-0.39, 0.29) is 12.0 Å². The third kappa shape index (κ3) is 6.60. The third-order valence-electron chi connectivity index (χ3n) is 6.19. The Labute approximate surface area is 212 Å². The smallest absolute Gasteiger partial charge is 0.410 e. The Morgan fingerprint density at radius 1 is 1.03 bits per heavy atom. The Hall–Kier alpha value is -2.93. The largest absolute Gasteiger partial charge is 0.487 e. The Morgan fingerprint density at radius 3 is 2.51 bits per heavy atom. The summed E-state index contributed by atoms with van der Waals surface area (Å²) in [6, 6.07) is 15.0. The molecule has 0 bridgehead atoms. The number of carbonyl (C=O) groups excluding carboxylic acids is 2. The summed E-state index contributed by atoms with van der Waals surface area (Å²) < 4.78 is 11.7. The van der Waals surface area contributed by atoms with Crippen LogP contribution in [0.15, 0.2) is 48.5 Å². The maximum Gasteiger partial charge on any atom is 0.410 e. The van der Waals surface area contributed by atoms with Gasteiger partial charge in [-0.05, 0) is 70.4 Å². The quantitative estimate of drug-likeness (QED) is 0.569. The lowest BCUT2D eigenvalue weighted by molar-refractivity contribution is -0.122. The molecule has 2 aliphatic heterocycles. The number of amides is 2. The number of hydrogen-bond donors (Lipinski definition) is 1. The summed E-state index contributed by atoms with van der Waals surface area (Å²) in [6.45, 7) is 7.68. The summed E-state index contributed by atoms with van der Waals surface area (Å²) in [4.78, 5) is 29.5.